The van der Waals surface area contributed by atoms with Crippen molar-refractivity contribution in [3.8, 4) is 0 Å². The molecule has 108 valence electrons. The average Bonchev–Trinajstić information content (AvgIpc) is 2.81. The molecule has 20 heavy (non-hydrogen) atoms. The molecule has 0 aliphatic carbocycles. The molecular weight excluding hydrogens is 258 g/mol. The van der Waals surface area contributed by atoms with Crippen molar-refractivity contribution in [1.29, 1.82) is 0 Å². The predicted octanol–water partition coefficient (Wildman–Crippen LogP) is 1.29. The number of rotatable bonds is 3. The van der Waals surface area contributed by atoms with Gasteiger partial charge in [-0.3, -0.25) is 9.78 Å². The molecule has 2 atom stereocenters. The second-order valence-electron chi connectivity index (χ2n) is 5.33. The number of urea groups is 1. The van der Waals surface area contributed by atoms with Crippen molar-refractivity contribution in [2.75, 3.05) is 20.1 Å². The van der Waals surface area contributed by atoms with E-state index in [0.29, 0.717) is 13.1 Å². The molecular formula is C14H19N3O3. The molecule has 1 aromatic heterocycles. The van der Waals surface area contributed by atoms with Gasteiger partial charge in [-0.2, -0.15) is 0 Å². The fourth-order valence-electron chi connectivity index (χ4n) is 2.52. The molecule has 0 unspecified atom stereocenters. The Bertz CT molecular complexity index is 492. The van der Waals surface area contributed by atoms with E-state index in [4.69, 9.17) is 5.11 Å². The zero-order valence-electron chi connectivity index (χ0n) is 11.7. The number of aliphatic carboxylic acids is 1. The molecule has 1 aliphatic rings. The Morgan fingerprint density at radius 1 is 1.50 bits per heavy atom. The number of pyridine rings is 1. The van der Waals surface area contributed by atoms with Crippen LogP contribution in [0.15, 0.2) is 24.5 Å². The summed E-state index contributed by atoms with van der Waals surface area (Å²) < 4.78 is 0. The number of carbonyl (C=O) groups excluding carboxylic acids is 1. The normalized spacial score (nSPS) is 21.8. The second-order valence-corrected chi connectivity index (χ2v) is 5.33. The van der Waals surface area contributed by atoms with Gasteiger partial charge < -0.3 is 14.9 Å². The van der Waals surface area contributed by atoms with Crippen molar-refractivity contribution in [2.45, 2.75) is 13.5 Å². The summed E-state index contributed by atoms with van der Waals surface area (Å²) in [6.07, 6.45) is 3.40. The Balaban J connectivity index is 1.96. The van der Waals surface area contributed by atoms with Crippen LogP contribution in [0.25, 0.3) is 0 Å². The molecule has 1 saturated heterocycles. The van der Waals surface area contributed by atoms with Crippen LogP contribution in [0.5, 0.6) is 0 Å². The lowest BCUT2D eigenvalue weighted by Gasteiger charge is -2.24. The number of nitrogens with zero attached hydrogens (tertiary/aromatic N) is 3. The lowest BCUT2D eigenvalue weighted by molar-refractivity contribution is -0.142. The van der Waals surface area contributed by atoms with Gasteiger partial charge in [0.25, 0.3) is 0 Å². The molecule has 6 heteroatoms. The maximum atomic E-state index is 12.3. The van der Waals surface area contributed by atoms with Crippen molar-refractivity contribution in [3.63, 3.8) is 0 Å². The SMILES string of the molecule is C[C@@H]1CN(C(=O)N(C)Cc2cccnc2)C[C@H]1C(=O)O. The van der Waals surface area contributed by atoms with E-state index < -0.39 is 11.9 Å². The first-order valence-electron chi connectivity index (χ1n) is 6.60. The summed E-state index contributed by atoms with van der Waals surface area (Å²) in [6, 6.07) is 3.60. The summed E-state index contributed by atoms with van der Waals surface area (Å²) in [5.41, 5.74) is 0.949. The van der Waals surface area contributed by atoms with Gasteiger partial charge in [-0.05, 0) is 17.5 Å². The fraction of sp³-hybridized carbons (Fsp3) is 0.500. The van der Waals surface area contributed by atoms with Crippen LogP contribution in [0.3, 0.4) is 0 Å². The smallest absolute Gasteiger partial charge is 0.320 e. The summed E-state index contributed by atoms with van der Waals surface area (Å²) in [5, 5.41) is 9.10. The highest BCUT2D eigenvalue weighted by molar-refractivity contribution is 5.77. The monoisotopic (exact) mass is 277 g/mol. The highest BCUT2D eigenvalue weighted by atomic mass is 16.4. The number of carbonyl (C=O) groups is 2. The highest BCUT2D eigenvalue weighted by Gasteiger charge is 2.37. The standard InChI is InChI=1S/C14H19N3O3/c1-10-7-17(9-12(10)13(18)19)14(20)16(2)8-11-4-3-5-15-6-11/h3-6,10,12H,7-9H2,1-2H3,(H,18,19)/t10-,12-/m1/s1. The lowest BCUT2D eigenvalue weighted by Crippen LogP contribution is -2.40. The number of amides is 2. The van der Waals surface area contributed by atoms with Crippen LogP contribution in [0.2, 0.25) is 0 Å². The Morgan fingerprint density at radius 3 is 2.80 bits per heavy atom. The Labute approximate surface area is 118 Å². The average molecular weight is 277 g/mol. The molecule has 1 aliphatic heterocycles. The molecule has 1 fully saturated rings. The van der Waals surface area contributed by atoms with E-state index in [9.17, 15) is 9.59 Å². The molecule has 0 radical (unpaired) electrons. The Kier molecular flexibility index (Phi) is 4.22. The van der Waals surface area contributed by atoms with Gasteiger partial charge in [0.2, 0.25) is 0 Å². The number of hydrogen-bond donors (Lipinski definition) is 1. The lowest BCUT2D eigenvalue weighted by atomic mass is 9.99. The molecule has 6 nitrogen and oxygen atoms in total. The molecule has 1 N–H and O–H groups in total. The number of aromatic nitrogens is 1. The van der Waals surface area contributed by atoms with E-state index in [1.165, 1.54) is 0 Å². The van der Waals surface area contributed by atoms with E-state index in [1.807, 2.05) is 19.1 Å². The molecule has 0 saturated carbocycles. The zero-order chi connectivity index (χ0) is 14.7. The summed E-state index contributed by atoms with van der Waals surface area (Å²) in [6.45, 7) is 3.11. The van der Waals surface area contributed by atoms with E-state index in [1.54, 1.807) is 29.2 Å². The van der Waals surface area contributed by atoms with Crippen LogP contribution in [-0.4, -0.2) is 52.0 Å². The van der Waals surface area contributed by atoms with E-state index >= 15 is 0 Å². The molecule has 1 aromatic rings. The van der Waals surface area contributed by atoms with Gasteiger partial charge in [-0.25, -0.2) is 4.79 Å². The van der Waals surface area contributed by atoms with Crippen LogP contribution in [0.4, 0.5) is 4.79 Å². The molecule has 0 spiro atoms. The van der Waals surface area contributed by atoms with Crippen LogP contribution >= 0.6 is 0 Å². The van der Waals surface area contributed by atoms with Gasteiger partial charge in [-0.1, -0.05) is 13.0 Å². The first-order valence-corrected chi connectivity index (χ1v) is 6.60. The van der Waals surface area contributed by atoms with Crippen molar-refractivity contribution < 1.29 is 14.7 Å². The molecule has 2 amide bonds. The van der Waals surface area contributed by atoms with Gasteiger partial charge in [-0.15, -0.1) is 0 Å². The summed E-state index contributed by atoms with van der Waals surface area (Å²) >= 11 is 0. The van der Waals surface area contributed by atoms with Gasteiger partial charge in [0.15, 0.2) is 0 Å². The third kappa shape index (κ3) is 3.07. The minimum atomic E-state index is -0.831. The third-order valence-corrected chi connectivity index (χ3v) is 3.67. The fourth-order valence-corrected chi connectivity index (χ4v) is 2.52. The Hall–Kier alpha value is -2.11. The molecule has 2 rings (SSSR count). The van der Waals surface area contributed by atoms with Crippen LogP contribution < -0.4 is 0 Å². The van der Waals surface area contributed by atoms with Crippen molar-refractivity contribution >= 4 is 12.0 Å². The van der Waals surface area contributed by atoms with E-state index in [2.05, 4.69) is 4.98 Å². The first-order chi connectivity index (χ1) is 9.49. The molecule has 0 bridgehead atoms. The minimum Gasteiger partial charge on any atom is -0.481 e. The second kappa shape index (κ2) is 5.90. The summed E-state index contributed by atoms with van der Waals surface area (Å²) in [7, 11) is 1.72. The topological polar surface area (TPSA) is 73.7 Å². The van der Waals surface area contributed by atoms with Crippen LogP contribution in [0, 0.1) is 11.8 Å². The van der Waals surface area contributed by atoms with E-state index in [0.717, 1.165) is 5.56 Å². The molecule has 0 aromatic carbocycles. The zero-order valence-corrected chi connectivity index (χ0v) is 11.7. The minimum absolute atomic E-state index is 0.0109. The Morgan fingerprint density at radius 2 is 2.25 bits per heavy atom. The maximum Gasteiger partial charge on any atom is 0.320 e. The van der Waals surface area contributed by atoms with Gasteiger partial charge in [0, 0.05) is 39.1 Å². The number of likely N-dealkylation sites (tertiary alicyclic amines) is 1. The van der Waals surface area contributed by atoms with Crippen molar-refractivity contribution in [1.82, 2.24) is 14.8 Å². The third-order valence-electron chi connectivity index (χ3n) is 3.67. The van der Waals surface area contributed by atoms with Crippen molar-refractivity contribution in [2.24, 2.45) is 11.8 Å². The van der Waals surface area contributed by atoms with E-state index in [-0.39, 0.29) is 18.5 Å². The molecule has 2 heterocycles. The van der Waals surface area contributed by atoms with Gasteiger partial charge in [0.1, 0.15) is 0 Å². The van der Waals surface area contributed by atoms with Gasteiger partial charge >= 0.3 is 12.0 Å². The van der Waals surface area contributed by atoms with Crippen LogP contribution in [0.1, 0.15) is 12.5 Å². The number of carboxylic acids is 1. The number of carboxylic acid groups (broad SMARTS) is 1. The van der Waals surface area contributed by atoms with Crippen LogP contribution in [-0.2, 0) is 11.3 Å². The number of hydrogen-bond acceptors (Lipinski definition) is 3. The summed E-state index contributed by atoms with van der Waals surface area (Å²) in [4.78, 5) is 30.6. The first kappa shape index (κ1) is 14.3. The van der Waals surface area contributed by atoms with Gasteiger partial charge in [0.05, 0.1) is 5.92 Å². The predicted molar refractivity (Wildman–Crippen MR) is 73.0 cm³/mol. The van der Waals surface area contributed by atoms with Crippen molar-refractivity contribution in [3.05, 3.63) is 30.1 Å². The quantitative estimate of drug-likeness (QED) is 0.903. The maximum absolute atomic E-state index is 12.3. The summed E-state index contributed by atoms with van der Waals surface area (Å²) in [5.74, 6) is -1.31. The largest absolute Gasteiger partial charge is 0.481 e. The highest BCUT2D eigenvalue weighted by Crippen LogP contribution is 2.24.